The number of carbonyl (C=O) groups excluding carboxylic acids is 1. The fourth-order valence-electron chi connectivity index (χ4n) is 2.72. The molecular weight excluding hydrogens is 324 g/mol. The highest BCUT2D eigenvalue weighted by Gasteiger charge is 2.22. The summed E-state index contributed by atoms with van der Waals surface area (Å²) in [7, 11) is -1.94. The molecule has 0 aliphatic rings. The van der Waals surface area contributed by atoms with Crippen LogP contribution in [-0.4, -0.2) is 38.3 Å². The SMILES string of the molecule is CC(C)C(NC(=O)CCCN(C)S(=O)(=O)c1ccccc1)C(C)C. The van der Waals surface area contributed by atoms with Gasteiger partial charge in [0.25, 0.3) is 0 Å². The van der Waals surface area contributed by atoms with Gasteiger partial charge in [-0.2, -0.15) is 0 Å². The molecule has 0 spiro atoms. The summed E-state index contributed by atoms with van der Waals surface area (Å²) in [6.07, 6.45) is 0.821. The number of sulfonamides is 1. The van der Waals surface area contributed by atoms with E-state index < -0.39 is 10.0 Å². The second-order valence-electron chi connectivity index (χ2n) is 6.82. The van der Waals surface area contributed by atoms with Gasteiger partial charge in [-0.25, -0.2) is 12.7 Å². The summed E-state index contributed by atoms with van der Waals surface area (Å²) in [5.41, 5.74) is 0. The number of nitrogens with zero attached hydrogens (tertiary/aromatic N) is 1. The molecule has 1 aromatic carbocycles. The maximum atomic E-state index is 12.4. The summed E-state index contributed by atoms with van der Waals surface area (Å²) in [5.74, 6) is 0.720. The van der Waals surface area contributed by atoms with Crippen molar-refractivity contribution >= 4 is 15.9 Å². The quantitative estimate of drug-likeness (QED) is 0.741. The van der Waals surface area contributed by atoms with Crippen molar-refractivity contribution in [1.82, 2.24) is 9.62 Å². The first-order chi connectivity index (χ1) is 11.2. The number of benzene rings is 1. The largest absolute Gasteiger partial charge is 0.353 e. The Labute approximate surface area is 146 Å². The van der Waals surface area contributed by atoms with Gasteiger partial charge in [-0.15, -0.1) is 0 Å². The van der Waals surface area contributed by atoms with Gasteiger partial charge < -0.3 is 5.32 Å². The molecule has 24 heavy (non-hydrogen) atoms. The molecule has 0 atom stereocenters. The Morgan fingerprint density at radius 3 is 2.12 bits per heavy atom. The molecule has 136 valence electrons. The van der Waals surface area contributed by atoms with Crippen LogP contribution in [0, 0.1) is 11.8 Å². The van der Waals surface area contributed by atoms with Crippen molar-refractivity contribution in [1.29, 1.82) is 0 Å². The van der Waals surface area contributed by atoms with E-state index in [2.05, 4.69) is 33.0 Å². The average molecular weight is 355 g/mol. The fourth-order valence-corrected chi connectivity index (χ4v) is 3.95. The third-order valence-electron chi connectivity index (χ3n) is 4.09. The first-order valence-electron chi connectivity index (χ1n) is 8.47. The van der Waals surface area contributed by atoms with Gasteiger partial charge in [0.05, 0.1) is 4.90 Å². The number of hydrogen-bond donors (Lipinski definition) is 1. The Bertz CT molecular complexity index is 604. The lowest BCUT2D eigenvalue weighted by atomic mass is 9.93. The molecule has 0 unspecified atom stereocenters. The molecule has 0 bridgehead atoms. The van der Waals surface area contributed by atoms with Gasteiger partial charge in [-0.1, -0.05) is 45.9 Å². The van der Waals surface area contributed by atoms with E-state index in [1.54, 1.807) is 37.4 Å². The molecule has 1 aromatic rings. The molecule has 0 heterocycles. The van der Waals surface area contributed by atoms with Crippen LogP contribution in [0.15, 0.2) is 35.2 Å². The molecule has 0 saturated heterocycles. The second kappa shape index (κ2) is 9.18. The van der Waals surface area contributed by atoms with Gasteiger partial charge in [-0.05, 0) is 30.4 Å². The summed E-state index contributed by atoms with van der Waals surface area (Å²) >= 11 is 0. The Kier molecular flexibility index (Phi) is 7.90. The van der Waals surface area contributed by atoms with Crippen LogP contribution in [0.1, 0.15) is 40.5 Å². The van der Waals surface area contributed by atoms with Crippen molar-refractivity contribution in [3.05, 3.63) is 30.3 Å². The molecule has 0 fully saturated rings. The van der Waals surface area contributed by atoms with Crippen LogP contribution in [-0.2, 0) is 14.8 Å². The van der Waals surface area contributed by atoms with E-state index >= 15 is 0 Å². The van der Waals surface area contributed by atoms with E-state index in [0.717, 1.165) is 0 Å². The van der Waals surface area contributed by atoms with Crippen LogP contribution in [0.3, 0.4) is 0 Å². The summed E-state index contributed by atoms with van der Waals surface area (Å²) in [4.78, 5) is 12.4. The lowest BCUT2D eigenvalue weighted by Crippen LogP contribution is -2.42. The molecule has 1 N–H and O–H groups in total. The molecular formula is C18H30N2O3S. The highest BCUT2D eigenvalue weighted by Crippen LogP contribution is 2.15. The highest BCUT2D eigenvalue weighted by molar-refractivity contribution is 7.89. The van der Waals surface area contributed by atoms with Gasteiger partial charge in [0.2, 0.25) is 15.9 Å². The predicted molar refractivity (Wildman–Crippen MR) is 97.1 cm³/mol. The summed E-state index contributed by atoms with van der Waals surface area (Å²) in [6, 6.07) is 8.48. The number of amides is 1. The van der Waals surface area contributed by atoms with Gasteiger partial charge in [0.15, 0.2) is 0 Å². The molecule has 5 nitrogen and oxygen atoms in total. The Hall–Kier alpha value is -1.40. The summed E-state index contributed by atoms with van der Waals surface area (Å²) in [6.45, 7) is 8.67. The minimum atomic E-state index is -3.49. The third kappa shape index (κ3) is 5.91. The van der Waals surface area contributed by atoms with Gasteiger partial charge in [-0.3, -0.25) is 4.79 Å². The number of nitrogens with one attached hydrogen (secondary N) is 1. The standard InChI is InChI=1S/C18H30N2O3S/c1-14(2)18(15(3)4)19-17(21)12-9-13-20(5)24(22,23)16-10-7-6-8-11-16/h6-8,10-11,14-15,18H,9,12-13H2,1-5H3,(H,19,21). The minimum Gasteiger partial charge on any atom is -0.353 e. The van der Waals surface area contributed by atoms with Crippen LogP contribution in [0.2, 0.25) is 0 Å². The van der Waals surface area contributed by atoms with Gasteiger partial charge in [0.1, 0.15) is 0 Å². The first-order valence-corrected chi connectivity index (χ1v) is 9.91. The van der Waals surface area contributed by atoms with Crippen LogP contribution < -0.4 is 5.32 Å². The zero-order valence-electron chi connectivity index (χ0n) is 15.3. The van der Waals surface area contributed by atoms with E-state index in [1.165, 1.54) is 4.31 Å². The lowest BCUT2D eigenvalue weighted by Gasteiger charge is -2.26. The van der Waals surface area contributed by atoms with E-state index in [4.69, 9.17) is 0 Å². The maximum absolute atomic E-state index is 12.4. The van der Waals surface area contributed by atoms with Crippen molar-refractivity contribution in [3.63, 3.8) is 0 Å². The normalized spacial score (nSPS) is 12.4. The molecule has 1 amide bonds. The van der Waals surface area contributed by atoms with E-state index in [1.807, 2.05) is 0 Å². The monoisotopic (exact) mass is 354 g/mol. The molecule has 1 rings (SSSR count). The summed E-state index contributed by atoms with van der Waals surface area (Å²) < 4.78 is 26.1. The van der Waals surface area contributed by atoms with Crippen molar-refractivity contribution in [2.45, 2.75) is 51.5 Å². The molecule has 0 aromatic heterocycles. The minimum absolute atomic E-state index is 0.0205. The number of carbonyl (C=O) groups is 1. The van der Waals surface area contributed by atoms with E-state index in [0.29, 0.717) is 31.2 Å². The lowest BCUT2D eigenvalue weighted by molar-refractivity contribution is -0.122. The number of rotatable bonds is 9. The van der Waals surface area contributed by atoms with Gasteiger partial charge >= 0.3 is 0 Å². The predicted octanol–water partition coefficient (Wildman–Crippen LogP) is 2.88. The van der Waals surface area contributed by atoms with E-state index in [-0.39, 0.29) is 16.8 Å². The molecule has 0 radical (unpaired) electrons. The van der Waals surface area contributed by atoms with Crippen molar-refractivity contribution in [2.75, 3.05) is 13.6 Å². The van der Waals surface area contributed by atoms with E-state index in [9.17, 15) is 13.2 Å². The summed E-state index contributed by atoms with van der Waals surface area (Å²) in [5, 5.41) is 3.05. The zero-order chi connectivity index (χ0) is 18.3. The van der Waals surface area contributed by atoms with Crippen LogP contribution >= 0.6 is 0 Å². The Balaban J connectivity index is 2.51. The van der Waals surface area contributed by atoms with Crippen LogP contribution in [0.25, 0.3) is 0 Å². The molecule has 0 aliphatic carbocycles. The third-order valence-corrected chi connectivity index (χ3v) is 5.96. The fraction of sp³-hybridized carbons (Fsp3) is 0.611. The maximum Gasteiger partial charge on any atom is 0.242 e. The first kappa shape index (κ1) is 20.6. The Morgan fingerprint density at radius 1 is 1.08 bits per heavy atom. The van der Waals surface area contributed by atoms with Crippen LogP contribution in [0.4, 0.5) is 0 Å². The molecule has 6 heteroatoms. The zero-order valence-corrected chi connectivity index (χ0v) is 16.1. The van der Waals surface area contributed by atoms with Crippen LogP contribution in [0.5, 0.6) is 0 Å². The topological polar surface area (TPSA) is 66.5 Å². The van der Waals surface area contributed by atoms with Crippen molar-refractivity contribution in [3.8, 4) is 0 Å². The molecule has 0 aliphatic heterocycles. The van der Waals surface area contributed by atoms with Crippen molar-refractivity contribution < 1.29 is 13.2 Å². The van der Waals surface area contributed by atoms with Gasteiger partial charge in [0, 0.05) is 26.1 Å². The molecule has 0 saturated carbocycles. The Morgan fingerprint density at radius 2 is 1.62 bits per heavy atom. The average Bonchev–Trinajstić information content (AvgIpc) is 2.52. The van der Waals surface area contributed by atoms with Crippen molar-refractivity contribution in [2.24, 2.45) is 11.8 Å². The number of hydrogen-bond acceptors (Lipinski definition) is 3. The second-order valence-corrected chi connectivity index (χ2v) is 8.87. The highest BCUT2D eigenvalue weighted by atomic mass is 32.2. The smallest absolute Gasteiger partial charge is 0.242 e.